The number of nitrogens with zero attached hydrogens (tertiary/aromatic N) is 2. The molecule has 4 nitrogen and oxygen atoms in total. The predicted molar refractivity (Wildman–Crippen MR) is 53.8 cm³/mol. The van der Waals surface area contributed by atoms with Crippen LogP contribution in [0.2, 0.25) is 0 Å². The van der Waals surface area contributed by atoms with Gasteiger partial charge in [0.25, 0.3) is 0 Å². The molecule has 1 aliphatic carbocycles. The Morgan fingerprint density at radius 3 is 3.07 bits per heavy atom. The van der Waals surface area contributed by atoms with Gasteiger partial charge in [-0.15, -0.1) is 0 Å². The van der Waals surface area contributed by atoms with E-state index in [1.165, 1.54) is 24.8 Å². The monoisotopic (exact) mass is 190 g/mol. The van der Waals surface area contributed by atoms with Crippen LogP contribution in [0.25, 0.3) is 0 Å². The zero-order valence-electron chi connectivity index (χ0n) is 8.08. The minimum absolute atomic E-state index is 0.613. The maximum atomic E-state index is 4.49. The molecular formula is C10H14N4. The number of rotatable bonds is 2. The van der Waals surface area contributed by atoms with Crippen molar-refractivity contribution in [3.8, 4) is 0 Å². The number of aromatic nitrogens is 2. The molecule has 0 saturated heterocycles. The molecule has 0 unspecified atom stereocenters. The van der Waals surface area contributed by atoms with Crippen LogP contribution in [0.3, 0.4) is 0 Å². The van der Waals surface area contributed by atoms with Gasteiger partial charge in [-0.1, -0.05) is 0 Å². The first-order chi connectivity index (χ1) is 6.92. The van der Waals surface area contributed by atoms with Crippen molar-refractivity contribution in [2.75, 3.05) is 5.32 Å². The van der Waals surface area contributed by atoms with Gasteiger partial charge in [-0.2, -0.15) is 0 Å². The second-order valence-corrected chi connectivity index (χ2v) is 4.04. The lowest BCUT2D eigenvalue weighted by atomic mass is 9.93. The molecule has 1 aliphatic heterocycles. The summed E-state index contributed by atoms with van der Waals surface area (Å²) in [7, 11) is 0. The van der Waals surface area contributed by atoms with E-state index in [0.29, 0.717) is 6.04 Å². The molecule has 0 bridgehead atoms. The van der Waals surface area contributed by atoms with Gasteiger partial charge in [0.2, 0.25) is 5.95 Å². The maximum absolute atomic E-state index is 4.49. The fourth-order valence-electron chi connectivity index (χ4n) is 1.86. The van der Waals surface area contributed by atoms with Crippen LogP contribution in [0.4, 0.5) is 5.95 Å². The average molecular weight is 190 g/mol. The highest BCUT2D eigenvalue weighted by molar-refractivity contribution is 5.32. The Hall–Kier alpha value is -1.16. The molecule has 0 spiro atoms. The van der Waals surface area contributed by atoms with Crippen LogP contribution in [-0.4, -0.2) is 16.0 Å². The van der Waals surface area contributed by atoms with Gasteiger partial charge in [0, 0.05) is 30.9 Å². The Morgan fingerprint density at radius 1 is 1.36 bits per heavy atom. The second-order valence-electron chi connectivity index (χ2n) is 4.04. The fraction of sp³-hybridized carbons (Fsp3) is 0.600. The normalized spacial score (nSPS) is 20.3. The Bertz CT molecular complexity index is 346. The highest BCUT2D eigenvalue weighted by atomic mass is 15.1. The molecule has 74 valence electrons. The zero-order valence-corrected chi connectivity index (χ0v) is 8.08. The molecule has 1 aromatic heterocycles. The first kappa shape index (κ1) is 8.17. The third kappa shape index (κ3) is 1.35. The summed E-state index contributed by atoms with van der Waals surface area (Å²) in [6, 6.07) is 0.613. The fourth-order valence-corrected chi connectivity index (χ4v) is 1.86. The van der Waals surface area contributed by atoms with Crippen LogP contribution in [-0.2, 0) is 13.1 Å². The molecular weight excluding hydrogens is 176 g/mol. The Labute approximate surface area is 83.1 Å². The molecule has 2 N–H and O–H groups in total. The molecule has 2 aliphatic rings. The largest absolute Gasteiger partial charge is 0.351 e. The third-order valence-electron chi connectivity index (χ3n) is 3.00. The van der Waals surface area contributed by atoms with E-state index in [0.717, 1.165) is 24.7 Å². The summed E-state index contributed by atoms with van der Waals surface area (Å²) in [6.45, 7) is 1.80. The van der Waals surface area contributed by atoms with E-state index >= 15 is 0 Å². The molecule has 3 rings (SSSR count). The lowest BCUT2D eigenvalue weighted by Gasteiger charge is -2.26. The van der Waals surface area contributed by atoms with E-state index in [1.54, 1.807) is 0 Å². The molecule has 0 atom stereocenters. The molecule has 0 aromatic carbocycles. The lowest BCUT2D eigenvalue weighted by molar-refractivity contribution is 0.443. The zero-order chi connectivity index (χ0) is 9.38. The number of fused-ring (bicyclic) bond motifs is 1. The first-order valence-electron chi connectivity index (χ1n) is 5.24. The van der Waals surface area contributed by atoms with Crippen LogP contribution >= 0.6 is 0 Å². The van der Waals surface area contributed by atoms with Crippen LogP contribution in [0.1, 0.15) is 30.5 Å². The first-order valence-corrected chi connectivity index (χ1v) is 5.24. The van der Waals surface area contributed by atoms with Crippen molar-refractivity contribution in [1.82, 2.24) is 15.3 Å². The van der Waals surface area contributed by atoms with Crippen molar-refractivity contribution >= 4 is 5.95 Å². The SMILES string of the molecule is c1nc(NC2CCC2)nc2c1CNC2. The van der Waals surface area contributed by atoms with Crippen molar-refractivity contribution in [2.24, 2.45) is 0 Å². The van der Waals surface area contributed by atoms with Crippen molar-refractivity contribution in [3.05, 3.63) is 17.5 Å². The molecule has 0 amide bonds. The maximum Gasteiger partial charge on any atom is 0.223 e. The molecule has 0 radical (unpaired) electrons. The summed E-state index contributed by atoms with van der Waals surface area (Å²) >= 11 is 0. The van der Waals surface area contributed by atoms with Gasteiger partial charge in [0.15, 0.2) is 0 Å². The van der Waals surface area contributed by atoms with Crippen LogP contribution in [0, 0.1) is 0 Å². The predicted octanol–water partition coefficient (Wildman–Crippen LogP) is 1.04. The van der Waals surface area contributed by atoms with E-state index in [9.17, 15) is 0 Å². The van der Waals surface area contributed by atoms with Gasteiger partial charge in [0.1, 0.15) is 0 Å². The van der Waals surface area contributed by atoms with E-state index < -0.39 is 0 Å². The van der Waals surface area contributed by atoms with Crippen LogP contribution < -0.4 is 10.6 Å². The summed E-state index contributed by atoms with van der Waals surface area (Å²) in [6.07, 6.45) is 5.80. The number of hydrogen-bond donors (Lipinski definition) is 2. The van der Waals surface area contributed by atoms with Gasteiger partial charge >= 0.3 is 0 Å². The molecule has 14 heavy (non-hydrogen) atoms. The van der Waals surface area contributed by atoms with E-state index in [-0.39, 0.29) is 0 Å². The molecule has 1 saturated carbocycles. The quantitative estimate of drug-likeness (QED) is 0.731. The van der Waals surface area contributed by atoms with Gasteiger partial charge in [0.05, 0.1) is 5.69 Å². The Morgan fingerprint density at radius 2 is 2.29 bits per heavy atom. The van der Waals surface area contributed by atoms with Crippen LogP contribution in [0.5, 0.6) is 0 Å². The molecule has 1 fully saturated rings. The number of hydrogen-bond acceptors (Lipinski definition) is 4. The van der Waals surface area contributed by atoms with Gasteiger partial charge in [-0.3, -0.25) is 0 Å². The standard InChI is InChI=1S/C10H14N4/c1-2-8(3-1)13-10-12-5-7-4-11-6-9(7)14-10/h5,8,11H,1-4,6H2,(H,12,13,14). The summed E-state index contributed by atoms with van der Waals surface area (Å²) in [5, 5.41) is 6.62. The smallest absolute Gasteiger partial charge is 0.223 e. The van der Waals surface area contributed by atoms with E-state index in [4.69, 9.17) is 0 Å². The second kappa shape index (κ2) is 3.20. The molecule has 1 aromatic rings. The average Bonchev–Trinajstić information content (AvgIpc) is 2.58. The van der Waals surface area contributed by atoms with Gasteiger partial charge in [-0.05, 0) is 19.3 Å². The Balaban J connectivity index is 1.78. The highest BCUT2D eigenvalue weighted by Crippen LogP contribution is 2.22. The minimum Gasteiger partial charge on any atom is -0.351 e. The van der Waals surface area contributed by atoms with E-state index in [1.807, 2.05) is 6.20 Å². The van der Waals surface area contributed by atoms with Crippen molar-refractivity contribution in [3.63, 3.8) is 0 Å². The number of anilines is 1. The van der Waals surface area contributed by atoms with Crippen molar-refractivity contribution < 1.29 is 0 Å². The van der Waals surface area contributed by atoms with Crippen LogP contribution in [0.15, 0.2) is 6.20 Å². The minimum atomic E-state index is 0.613. The number of nitrogens with one attached hydrogen (secondary N) is 2. The van der Waals surface area contributed by atoms with Crippen molar-refractivity contribution in [1.29, 1.82) is 0 Å². The van der Waals surface area contributed by atoms with Gasteiger partial charge < -0.3 is 10.6 Å². The van der Waals surface area contributed by atoms with E-state index in [2.05, 4.69) is 20.6 Å². The van der Waals surface area contributed by atoms with Gasteiger partial charge in [-0.25, -0.2) is 9.97 Å². The topological polar surface area (TPSA) is 49.8 Å². The molecule has 2 heterocycles. The van der Waals surface area contributed by atoms with Crippen molar-refractivity contribution in [2.45, 2.75) is 38.4 Å². The summed E-state index contributed by atoms with van der Waals surface area (Å²) in [5.74, 6) is 0.803. The molecule has 4 heteroatoms. The lowest BCUT2D eigenvalue weighted by Crippen LogP contribution is -2.28. The third-order valence-corrected chi connectivity index (χ3v) is 3.00. The highest BCUT2D eigenvalue weighted by Gasteiger charge is 2.19. The summed E-state index contributed by atoms with van der Waals surface area (Å²) < 4.78 is 0. The summed E-state index contributed by atoms with van der Waals surface area (Å²) in [5.41, 5.74) is 2.39. The summed E-state index contributed by atoms with van der Waals surface area (Å²) in [4.78, 5) is 8.80. The Kier molecular flexibility index (Phi) is 1.87.